The number of ether oxygens (including phenoxy) is 2. The predicted octanol–water partition coefficient (Wildman–Crippen LogP) is 3.94. The number of benzene rings is 1. The molecule has 0 saturated heterocycles. The summed E-state index contributed by atoms with van der Waals surface area (Å²) in [6.45, 7) is 4.75. The lowest BCUT2D eigenvalue weighted by molar-refractivity contribution is 0.0467. The van der Waals surface area contributed by atoms with Gasteiger partial charge in [-0.3, -0.25) is 0 Å². The molecule has 4 heteroatoms. The van der Waals surface area contributed by atoms with Crippen molar-refractivity contribution in [3.63, 3.8) is 0 Å². The zero-order valence-electron chi connectivity index (χ0n) is 11.0. The molecule has 0 bridgehead atoms. The van der Waals surface area contributed by atoms with Gasteiger partial charge in [0, 0.05) is 4.47 Å². The van der Waals surface area contributed by atoms with E-state index in [0.29, 0.717) is 12.2 Å². The Morgan fingerprint density at radius 1 is 1.44 bits per heavy atom. The van der Waals surface area contributed by atoms with Gasteiger partial charge >= 0.3 is 5.97 Å². The van der Waals surface area contributed by atoms with Gasteiger partial charge in [-0.25, -0.2) is 4.79 Å². The summed E-state index contributed by atoms with van der Waals surface area (Å²) in [5, 5.41) is 0. The highest BCUT2D eigenvalue weighted by Gasteiger charge is 2.09. The summed E-state index contributed by atoms with van der Waals surface area (Å²) in [6, 6.07) is 5.39. The Morgan fingerprint density at radius 3 is 2.72 bits per heavy atom. The Hall–Kier alpha value is -0.870. The number of hydrogen-bond donors (Lipinski definition) is 0. The van der Waals surface area contributed by atoms with Crippen LogP contribution in [-0.4, -0.2) is 19.2 Å². The molecule has 1 rings (SSSR count). The van der Waals surface area contributed by atoms with Crippen LogP contribution in [0.15, 0.2) is 22.7 Å². The van der Waals surface area contributed by atoms with Gasteiger partial charge in [0.15, 0.2) is 0 Å². The van der Waals surface area contributed by atoms with Crippen molar-refractivity contribution in [3.05, 3.63) is 33.8 Å². The Bertz CT molecular complexity index is 404. The van der Waals surface area contributed by atoms with Gasteiger partial charge in [-0.2, -0.15) is 0 Å². The van der Waals surface area contributed by atoms with E-state index in [4.69, 9.17) is 4.74 Å². The molecule has 1 aromatic rings. The Morgan fingerprint density at radius 2 is 2.17 bits per heavy atom. The number of rotatable bonds is 6. The molecule has 18 heavy (non-hydrogen) atoms. The SMILES string of the molecule is CCCC(C)OCc1ccc(C(=O)OC)cc1Br. The fraction of sp³-hybridized carbons (Fsp3) is 0.500. The topological polar surface area (TPSA) is 35.5 Å². The van der Waals surface area contributed by atoms with Crippen molar-refractivity contribution in [2.24, 2.45) is 0 Å². The monoisotopic (exact) mass is 314 g/mol. The van der Waals surface area contributed by atoms with E-state index < -0.39 is 0 Å². The van der Waals surface area contributed by atoms with Crippen LogP contribution in [0, 0.1) is 0 Å². The molecule has 1 aromatic carbocycles. The maximum atomic E-state index is 11.4. The molecule has 0 N–H and O–H groups in total. The van der Waals surface area contributed by atoms with E-state index in [0.717, 1.165) is 22.9 Å². The van der Waals surface area contributed by atoms with Crippen LogP contribution in [0.3, 0.4) is 0 Å². The van der Waals surface area contributed by atoms with E-state index in [1.54, 1.807) is 12.1 Å². The molecule has 0 amide bonds. The van der Waals surface area contributed by atoms with Crippen LogP contribution in [0.4, 0.5) is 0 Å². The first-order valence-corrected chi connectivity index (χ1v) is 6.86. The first-order chi connectivity index (χ1) is 8.58. The van der Waals surface area contributed by atoms with Gasteiger partial charge < -0.3 is 9.47 Å². The van der Waals surface area contributed by atoms with E-state index in [1.807, 2.05) is 6.07 Å². The van der Waals surface area contributed by atoms with Crippen molar-refractivity contribution >= 4 is 21.9 Å². The largest absolute Gasteiger partial charge is 0.465 e. The molecular weight excluding hydrogens is 296 g/mol. The second-order valence-corrected chi connectivity index (χ2v) is 5.06. The molecule has 1 atom stereocenters. The van der Waals surface area contributed by atoms with Gasteiger partial charge in [-0.1, -0.05) is 35.3 Å². The third kappa shape index (κ3) is 4.42. The molecule has 0 aliphatic heterocycles. The summed E-state index contributed by atoms with van der Waals surface area (Å²) in [5.41, 5.74) is 1.57. The van der Waals surface area contributed by atoms with Crippen LogP contribution >= 0.6 is 15.9 Å². The first-order valence-electron chi connectivity index (χ1n) is 6.06. The summed E-state index contributed by atoms with van der Waals surface area (Å²) in [6.07, 6.45) is 2.42. The maximum absolute atomic E-state index is 11.4. The van der Waals surface area contributed by atoms with Crippen molar-refractivity contribution < 1.29 is 14.3 Å². The van der Waals surface area contributed by atoms with Crippen LogP contribution in [0.5, 0.6) is 0 Å². The number of esters is 1. The lowest BCUT2D eigenvalue weighted by atomic mass is 10.1. The molecular formula is C14H19BrO3. The fourth-order valence-electron chi connectivity index (χ4n) is 1.63. The van der Waals surface area contributed by atoms with Crippen LogP contribution < -0.4 is 0 Å². The summed E-state index contributed by atoms with van der Waals surface area (Å²) < 4.78 is 11.3. The zero-order chi connectivity index (χ0) is 13.5. The Balaban J connectivity index is 2.65. The van der Waals surface area contributed by atoms with E-state index in [9.17, 15) is 4.79 Å². The smallest absolute Gasteiger partial charge is 0.337 e. The highest BCUT2D eigenvalue weighted by molar-refractivity contribution is 9.10. The first kappa shape index (κ1) is 15.2. The summed E-state index contributed by atoms with van der Waals surface area (Å²) in [4.78, 5) is 11.4. The highest BCUT2D eigenvalue weighted by atomic mass is 79.9. The number of methoxy groups -OCH3 is 1. The van der Waals surface area contributed by atoms with Gasteiger partial charge in [0.25, 0.3) is 0 Å². The zero-order valence-corrected chi connectivity index (χ0v) is 12.6. The number of carbonyl (C=O) groups excluding carboxylic acids is 1. The summed E-state index contributed by atoms with van der Waals surface area (Å²) in [7, 11) is 1.37. The van der Waals surface area contributed by atoms with Crippen LogP contribution in [0.2, 0.25) is 0 Å². The van der Waals surface area contributed by atoms with E-state index >= 15 is 0 Å². The minimum absolute atomic E-state index is 0.252. The van der Waals surface area contributed by atoms with Crippen molar-refractivity contribution in [2.75, 3.05) is 7.11 Å². The molecule has 0 aliphatic carbocycles. The quantitative estimate of drug-likeness (QED) is 0.746. The second-order valence-electron chi connectivity index (χ2n) is 4.21. The predicted molar refractivity (Wildman–Crippen MR) is 74.6 cm³/mol. The van der Waals surface area contributed by atoms with Crippen LogP contribution in [0.25, 0.3) is 0 Å². The molecule has 0 heterocycles. The lowest BCUT2D eigenvalue weighted by Gasteiger charge is -2.13. The van der Waals surface area contributed by atoms with Gasteiger partial charge in [-0.05, 0) is 31.0 Å². The van der Waals surface area contributed by atoms with Crippen molar-refractivity contribution in [1.29, 1.82) is 0 Å². The van der Waals surface area contributed by atoms with Crippen LogP contribution in [0.1, 0.15) is 42.6 Å². The maximum Gasteiger partial charge on any atom is 0.337 e. The fourth-order valence-corrected chi connectivity index (χ4v) is 2.12. The van der Waals surface area contributed by atoms with E-state index in [-0.39, 0.29) is 12.1 Å². The molecule has 0 aliphatic rings. The minimum atomic E-state index is -0.331. The number of halogens is 1. The third-order valence-electron chi connectivity index (χ3n) is 2.69. The molecule has 0 spiro atoms. The second kappa shape index (κ2) is 7.54. The molecule has 0 fully saturated rings. The number of carbonyl (C=O) groups is 1. The molecule has 0 saturated carbocycles. The van der Waals surface area contributed by atoms with Crippen molar-refractivity contribution in [2.45, 2.75) is 39.4 Å². The van der Waals surface area contributed by atoms with Gasteiger partial charge in [0.2, 0.25) is 0 Å². The average molecular weight is 315 g/mol. The number of hydrogen-bond acceptors (Lipinski definition) is 3. The van der Waals surface area contributed by atoms with Gasteiger partial charge in [0.05, 0.1) is 25.4 Å². The standard InChI is InChI=1S/C14H19BrO3/c1-4-5-10(2)18-9-12-7-6-11(8-13(12)15)14(16)17-3/h6-8,10H,4-5,9H2,1-3H3. The summed E-state index contributed by atoms with van der Waals surface area (Å²) >= 11 is 3.45. The molecule has 100 valence electrons. The molecule has 0 radical (unpaired) electrons. The normalized spacial score (nSPS) is 12.2. The molecule has 1 unspecified atom stereocenters. The van der Waals surface area contributed by atoms with E-state index in [2.05, 4.69) is 34.5 Å². The average Bonchev–Trinajstić information content (AvgIpc) is 2.36. The minimum Gasteiger partial charge on any atom is -0.465 e. The van der Waals surface area contributed by atoms with Gasteiger partial charge in [0.1, 0.15) is 0 Å². The molecule has 3 nitrogen and oxygen atoms in total. The van der Waals surface area contributed by atoms with Crippen molar-refractivity contribution in [1.82, 2.24) is 0 Å². The lowest BCUT2D eigenvalue weighted by Crippen LogP contribution is -2.08. The molecule has 0 aromatic heterocycles. The highest BCUT2D eigenvalue weighted by Crippen LogP contribution is 2.21. The third-order valence-corrected chi connectivity index (χ3v) is 3.43. The van der Waals surface area contributed by atoms with E-state index in [1.165, 1.54) is 7.11 Å². The summed E-state index contributed by atoms with van der Waals surface area (Å²) in [5.74, 6) is -0.331. The van der Waals surface area contributed by atoms with Crippen LogP contribution in [-0.2, 0) is 16.1 Å². The van der Waals surface area contributed by atoms with Crippen molar-refractivity contribution in [3.8, 4) is 0 Å². The Kier molecular flexibility index (Phi) is 6.36. The van der Waals surface area contributed by atoms with Gasteiger partial charge in [-0.15, -0.1) is 0 Å². The Labute approximate surface area is 117 Å².